The highest BCUT2D eigenvalue weighted by Crippen LogP contribution is 2.47. The molecule has 0 saturated heterocycles. The molecular weight excluding hydrogens is 196 g/mol. The third-order valence-electron chi connectivity index (χ3n) is 2.98. The number of rotatable bonds is 4. The molecule has 0 spiro atoms. The Labute approximate surface area is 98.8 Å². The van der Waals surface area contributed by atoms with E-state index in [1.165, 1.54) is 24.0 Å². The van der Waals surface area contributed by atoms with Gasteiger partial charge in [-0.3, -0.25) is 0 Å². The number of ether oxygens (including phenoxy) is 1. The molecule has 0 N–H and O–H groups in total. The Balaban J connectivity index is 2.39. The minimum absolute atomic E-state index is 0.243. The van der Waals surface area contributed by atoms with Gasteiger partial charge in [-0.25, -0.2) is 0 Å². The second kappa shape index (κ2) is 4.48. The van der Waals surface area contributed by atoms with Gasteiger partial charge in [0.05, 0.1) is 6.10 Å². The van der Waals surface area contributed by atoms with Gasteiger partial charge in [-0.2, -0.15) is 0 Å². The van der Waals surface area contributed by atoms with Crippen molar-refractivity contribution in [2.24, 2.45) is 0 Å². The van der Waals surface area contributed by atoms with Crippen molar-refractivity contribution in [1.82, 2.24) is 0 Å². The lowest BCUT2D eigenvalue weighted by Gasteiger charge is -2.19. The average Bonchev–Trinajstić information content (AvgIpc) is 2.99. The monoisotopic (exact) mass is 217 g/mol. The molecule has 1 atom stereocenters. The first kappa shape index (κ1) is 11.5. The fourth-order valence-electron chi connectivity index (χ4n) is 2.16. The molecule has 1 aromatic carbocycles. The van der Waals surface area contributed by atoms with Gasteiger partial charge in [0.15, 0.2) is 0 Å². The molecule has 0 heterocycles. The van der Waals surface area contributed by atoms with Gasteiger partial charge < -0.3 is 4.74 Å². The lowest BCUT2D eigenvalue weighted by molar-refractivity contribution is 0.239. The summed E-state index contributed by atoms with van der Waals surface area (Å²) in [4.78, 5) is 0. The average molecular weight is 217 g/mol. The largest absolute Gasteiger partial charge is 0.491 e. The molecule has 1 aromatic rings. The highest BCUT2D eigenvalue weighted by Gasteiger charge is 2.30. The Kier molecular flexibility index (Phi) is 3.22. The van der Waals surface area contributed by atoms with Crippen LogP contribution in [0.5, 0.6) is 5.75 Å². The van der Waals surface area contributed by atoms with Gasteiger partial charge in [-0.1, -0.05) is 19.1 Å². The van der Waals surface area contributed by atoms with E-state index >= 15 is 0 Å². The molecule has 1 saturated carbocycles. The van der Waals surface area contributed by atoms with Crippen LogP contribution in [0, 0.1) is 6.92 Å². The second-order valence-electron chi connectivity index (χ2n) is 5.10. The molecule has 1 unspecified atom stereocenters. The summed E-state index contributed by atoms with van der Waals surface area (Å²) in [7, 11) is 0. The molecule has 1 aliphatic carbocycles. The summed E-state index contributed by atoms with van der Waals surface area (Å²) in [5, 5.41) is 0. The van der Waals surface area contributed by atoms with Crippen molar-refractivity contribution in [2.45, 2.75) is 51.6 Å². The summed E-state index contributed by atoms with van der Waals surface area (Å²) in [6.45, 7) is 10.5. The van der Waals surface area contributed by atoms with Crippen LogP contribution in [0.15, 0.2) is 18.2 Å². The van der Waals surface area contributed by atoms with Crippen molar-refractivity contribution < 1.29 is 4.74 Å². The predicted molar refractivity (Wildman–Crippen MR) is 68.0 cm³/mol. The number of benzene rings is 1. The first-order valence-electron chi connectivity index (χ1n) is 6.22. The Bertz CT molecular complexity index is 362. The van der Waals surface area contributed by atoms with Crippen molar-refractivity contribution >= 4 is 0 Å². The van der Waals surface area contributed by atoms with Crippen LogP contribution >= 0.6 is 0 Å². The second-order valence-corrected chi connectivity index (χ2v) is 5.10. The molecule has 0 aliphatic heterocycles. The van der Waals surface area contributed by atoms with Gasteiger partial charge in [-0.05, 0) is 57.1 Å². The van der Waals surface area contributed by atoms with E-state index < -0.39 is 0 Å². The molecule has 0 aromatic heterocycles. The Morgan fingerprint density at radius 1 is 1.25 bits per heavy atom. The van der Waals surface area contributed by atoms with Gasteiger partial charge in [0.25, 0.3) is 0 Å². The maximum Gasteiger partial charge on any atom is 0.123 e. The fourth-order valence-corrected chi connectivity index (χ4v) is 2.16. The Hall–Kier alpha value is -0.980. The Morgan fingerprint density at radius 2 is 1.94 bits per heavy atom. The van der Waals surface area contributed by atoms with Crippen molar-refractivity contribution in [3.8, 4) is 5.75 Å². The highest BCUT2D eigenvalue weighted by molar-refractivity contribution is 5.46. The predicted octanol–water partition coefficient (Wildman–Crippen LogP) is 4.29. The van der Waals surface area contributed by atoms with Crippen molar-refractivity contribution in [3.63, 3.8) is 0 Å². The normalized spacial score (nSPS) is 15.9. The topological polar surface area (TPSA) is 9.23 Å². The molecular formula is C15H21O. The van der Waals surface area contributed by atoms with E-state index in [1.54, 1.807) is 0 Å². The van der Waals surface area contributed by atoms with Crippen LogP contribution < -0.4 is 4.74 Å². The summed E-state index contributed by atoms with van der Waals surface area (Å²) < 4.78 is 5.91. The lowest BCUT2D eigenvalue weighted by atomic mass is 9.93. The first-order chi connectivity index (χ1) is 7.59. The van der Waals surface area contributed by atoms with Crippen LogP contribution in [0.25, 0.3) is 0 Å². The maximum atomic E-state index is 5.91. The lowest BCUT2D eigenvalue weighted by Crippen LogP contribution is -2.09. The van der Waals surface area contributed by atoms with Gasteiger partial charge >= 0.3 is 0 Å². The van der Waals surface area contributed by atoms with Crippen LogP contribution in [0.2, 0.25) is 0 Å². The quantitative estimate of drug-likeness (QED) is 0.731. The Morgan fingerprint density at radius 3 is 2.44 bits per heavy atom. The SMILES string of the molecule is [CH2]C(C)c1cccc(OC(C)C)c1C1CC1. The summed E-state index contributed by atoms with van der Waals surface area (Å²) >= 11 is 0. The third kappa shape index (κ3) is 2.40. The first-order valence-corrected chi connectivity index (χ1v) is 6.22. The molecule has 87 valence electrons. The van der Waals surface area contributed by atoms with E-state index in [9.17, 15) is 0 Å². The van der Waals surface area contributed by atoms with E-state index in [2.05, 4.69) is 45.9 Å². The highest BCUT2D eigenvalue weighted by atomic mass is 16.5. The van der Waals surface area contributed by atoms with Crippen LogP contribution in [0.4, 0.5) is 0 Å². The third-order valence-corrected chi connectivity index (χ3v) is 2.98. The van der Waals surface area contributed by atoms with Crippen molar-refractivity contribution in [1.29, 1.82) is 0 Å². The minimum atomic E-state index is 0.243. The summed E-state index contributed by atoms with van der Waals surface area (Å²) in [5.41, 5.74) is 2.78. The standard InChI is InChI=1S/C15H21O/c1-10(2)13-6-5-7-14(16-11(3)4)15(13)12-8-9-12/h5-7,10-12H,1,8-9H2,2-4H3. The van der Waals surface area contributed by atoms with Crippen molar-refractivity contribution in [2.75, 3.05) is 0 Å². The fraction of sp³-hybridized carbons (Fsp3) is 0.533. The molecule has 1 radical (unpaired) electrons. The molecule has 1 fully saturated rings. The van der Waals surface area contributed by atoms with Crippen LogP contribution in [-0.4, -0.2) is 6.10 Å². The molecule has 16 heavy (non-hydrogen) atoms. The van der Waals surface area contributed by atoms with E-state index in [0.717, 1.165) is 5.75 Å². The van der Waals surface area contributed by atoms with E-state index in [-0.39, 0.29) is 6.10 Å². The zero-order chi connectivity index (χ0) is 11.7. The minimum Gasteiger partial charge on any atom is -0.491 e. The van der Waals surface area contributed by atoms with Crippen LogP contribution in [0.1, 0.15) is 56.6 Å². The zero-order valence-corrected chi connectivity index (χ0v) is 10.5. The van der Waals surface area contributed by atoms with Crippen LogP contribution in [-0.2, 0) is 0 Å². The smallest absolute Gasteiger partial charge is 0.123 e. The number of hydrogen-bond donors (Lipinski definition) is 0. The number of hydrogen-bond acceptors (Lipinski definition) is 1. The molecule has 1 aliphatic rings. The van der Waals surface area contributed by atoms with Crippen LogP contribution in [0.3, 0.4) is 0 Å². The molecule has 1 heteroatoms. The summed E-state index contributed by atoms with van der Waals surface area (Å²) in [5.74, 6) is 2.13. The van der Waals surface area contributed by atoms with Gasteiger partial charge in [0.2, 0.25) is 0 Å². The van der Waals surface area contributed by atoms with E-state index in [0.29, 0.717) is 11.8 Å². The molecule has 2 rings (SSSR count). The van der Waals surface area contributed by atoms with Gasteiger partial charge in [-0.15, -0.1) is 0 Å². The van der Waals surface area contributed by atoms with E-state index in [1.807, 2.05) is 0 Å². The zero-order valence-electron chi connectivity index (χ0n) is 10.5. The summed E-state index contributed by atoms with van der Waals surface area (Å²) in [6.07, 6.45) is 2.85. The van der Waals surface area contributed by atoms with Gasteiger partial charge in [0.1, 0.15) is 5.75 Å². The molecule has 1 nitrogen and oxygen atoms in total. The maximum absolute atomic E-state index is 5.91. The summed E-state index contributed by atoms with van der Waals surface area (Å²) in [6, 6.07) is 6.37. The van der Waals surface area contributed by atoms with Crippen molar-refractivity contribution in [3.05, 3.63) is 36.2 Å². The molecule has 0 bridgehead atoms. The molecule has 0 amide bonds. The van der Waals surface area contributed by atoms with Gasteiger partial charge in [0, 0.05) is 5.56 Å². The van der Waals surface area contributed by atoms with E-state index in [4.69, 9.17) is 4.74 Å².